The van der Waals surface area contributed by atoms with Crippen molar-refractivity contribution in [3.8, 4) is 0 Å². The molecule has 3 rings (SSSR count). The molecule has 4 N–H and O–H groups in total. The lowest BCUT2D eigenvalue weighted by Crippen LogP contribution is -2.48. The van der Waals surface area contributed by atoms with Gasteiger partial charge in [-0.05, 0) is 45.4 Å². The number of nitrogens with one attached hydrogen (secondary N) is 1. The Kier molecular flexibility index (Phi) is 3.98. The highest BCUT2D eigenvalue weighted by molar-refractivity contribution is 7.99. The molecule has 0 unspecified atom stereocenters. The molecule has 2 heterocycles. The summed E-state index contributed by atoms with van der Waals surface area (Å²) in [4.78, 5) is 19.2. The number of amides is 1. The van der Waals surface area contributed by atoms with E-state index in [9.17, 15) is 10.0 Å². The van der Waals surface area contributed by atoms with Crippen LogP contribution < -0.4 is 5.73 Å². The Balaban J connectivity index is 1.84. The summed E-state index contributed by atoms with van der Waals surface area (Å²) in [6.07, 6.45) is 2.09. The molecular weight excluding hydrogens is 324 g/mol. The molecule has 1 aliphatic rings. The minimum Gasteiger partial charge on any atom is -0.366 e. The van der Waals surface area contributed by atoms with Crippen LogP contribution in [0.25, 0.3) is 11.0 Å². The molecule has 6 nitrogen and oxygen atoms in total. The zero-order valence-corrected chi connectivity index (χ0v) is 15.1. The van der Waals surface area contributed by atoms with E-state index < -0.39 is 17.0 Å². The molecule has 128 valence electrons. The first-order valence-corrected chi connectivity index (χ1v) is 8.74. The van der Waals surface area contributed by atoms with Crippen LogP contribution in [-0.2, 0) is 0 Å². The van der Waals surface area contributed by atoms with E-state index in [4.69, 9.17) is 5.73 Å². The van der Waals surface area contributed by atoms with Crippen LogP contribution in [0.1, 0.15) is 38.1 Å². The van der Waals surface area contributed by atoms with Gasteiger partial charge in [-0.1, -0.05) is 23.9 Å². The fraction of sp³-hybridized carbons (Fsp3) is 0.412. The van der Waals surface area contributed by atoms with E-state index in [1.54, 1.807) is 23.9 Å². The fourth-order valence-corrected chi connectivity index (χ4v) is 4.23. The summed E-state index contributed by atoms with van der Waals surface area (Å²) in [7, 11) is 0. The molecular formula is C17H22N4O2S. The summed E-state index contributed by atoms with van der Waals surface area (Å²) >= 11 is 1.54. The second kappa shape index (κ2) is 5.61. The minimum absolute atomic E-state index is 0.396. The SMILES string of the molecule is CC1(C)C=C(CSc2nc3c(C(N)=O)cccc3[nH]2)C(C)(C)N1O. The summed E-state index contributed by atoms with van der Waals surface area (Å²) in [5.74, 6) is 0.208. The van der Waals surface area contributed by atoms with Crippen LogP contribution in [0.3, 0.4) is 0 Å². The Labute approximate surface area is 145 Å². The first kappa shape index (κ1) is 17.0. The average Bonchev–Trinajstić information content (AvgIpc) is 2.98. The maximum absolute atomic E-state index is 11.5. The lowest BCUT2D eigenvalue weighted by Gasteiger charge is -2.36. The first-order chi connectivity index (χ1) is 11.1. The number of H-pyrrole nitrogens is 1. The second-order valence-electron chi connectivity index (χ2n) is 7.09. The third-order valence-corrected chi connectivity index (χ3v) is 5.43. The number of aromatic amines is 1. The Bertz CT molecular complexity index is 838. The van der Waals surface area contributed by atoms with Crippen molar-refractivity contribution in [1.82, 2.24) is 15.0 Å². The number of thioether (sulfide) groups is 1. The van der Waals surface area contributed by atoms with Gasteiger partial charge in [0.15, 0.2) is 5.16 Å². The summed E-state index contributed by atoms with van der Waals surface area (Å²) in [5, 5.41) is 12.5. The number of aromatic nitrogens is 2. The van der Waals surface area contributed by atoms with E-state index in [2.05, 4.69) is 16.0 Å². The Morgan fingerprint density at radius 2 is 2.08 bits per heavy atom. The summed E-state index contributed by atoms with van der Waals surface area (Å²) < 4.78 is 0. The van der Waals surface area contributed by atoms with E-state index in [0.29, 0.717) is 16.8 Å². The quantitative estimate of drug-likeness (QED) is 0.584. The maximum atomic E-state index is 11.5. The van der Waals surface area contributed by atoms with Crippen molar-refractivity contribution in [2.24, 2.45) is 5.73 Å². The number of nitrogens with two attached hydrogens (primary N) is 1. The molecule has 24 heavy (non-hydrogen) atoms. The number of para-hydroxylation sites is 1. The first-order valence-electron chi connectivity index (χ1n) is 7.75. The van der Waals surface area contributed by atoms with Gasteiger partial charge in [0.2, 0.25) is 0 Å². The number of primary amides is 1. The summed E-state index contributed by atoms with van der Waals surface area (Å²) in [5.41, 5.74) is 7.51. The number of carbonyl (C=O) groups is 1. The average molecular weight is 346 g/mol. The number of hydrogen-bond donors (Lipinski definition) is 3. The number of carbonyl (C=O) groups excluding carboxylic acids is 1. The number of nitrogens with zero attached hydrogens (tertiary/aromatic N) is 2. The van der Waals surface area contributed by atoms with Gasteiger partial charge in [0.05, 0.1) is 22.2 Å². The highest BCUT2D eigenvalue weighted by atomic mass is 32.2. The number of imidazole rings is 1. The molecule has 0 aliphatic carbocycles. The van der Waals surface area contributed by atoms with E-state index in [0.717, 1.165) is 16.2 Å². The van der Waals surface area contributed by atoms with Crippen molar-refractivity contribution in [3.63, 3.8) is 0 Å². The molecule has 0 fully saturated rings. The molecule has 1 aromatic heterocycles. The number of benzene rings is 1. The number of rotatable bonds is 4. The van der Waals surface area contributed by atoms with Crippen LogP contribution in [0, 0.1) is 0 Å². The third kappa shape index (κ3) is 2.72. The molecule has 7 heteroatoms. The number of hydroxylamine groups is 2. The van der Waals surface area contributed by atoms with Crippen molar-refractivity contribution in [2.45, 2.75) is 43.9 Å². The summed E-state index contributed by atoms with van der Waals surface area (Å²) in [6, 6.07) is 5.33. The topological polar surface area (TPSA) is 95.2 Å². The van der Waals surface area contributed by atoms with Crippen LogP contribution in [0.2, 0.25) is 0 Å². The molecule has 1 aliphatic heterocycles. The predicted molar refractivity (Wildman–Crippen MR) is 95.2 cm³/mol. The normalized spacial score (nSPS) is 19.6. The van der Waals surface area contributed by atoms with Gasteiger partial charge in [-0.25, -0.2) is 4.98 Å². The van der Waals surface area contributed by atoms with Gasteiger partial charge in [0, 0.05) is 5.75 Å². The zero-order chi connectivity index (χ0) is 17.7. The van der Waals surface area contributed by atoms with Gasteiger partial charge in [-0.15, -0.1) is 0 Å². The monoisotopic (exact) mass is 346 g/mol. The van der Waals surface area contributed by atoms with Crippen LogP contribution in [0.15, 0.2) is 35.0 Å². The zero-order valence-electron chi connectivity index (χ0n) is 14.3. The van der Waals surface area contributed by atoms with Crippen molar-refractivity contribution >= 4 is 28.7 Å². The number of fused-ring (bicyclic) bond motifs is 1. The second-order valence-corrected chi connectivity index (χ2v) is 8.05. The standard InChI is InChI=1S/C17H22N4O2S/c1-16(2)8-10(17(3,4)21(16)23)9-24-15-19-12-7-5-6-11(14(18)22)13(12)20-15/h5-8,23H,9H2,1-4H3,(H2,18,22)(H,19,20). The van der Waals surface area contributed by atoms with Gasteiger partial charge < -0.3 is 15.9 Å². The van der Waals surface area contributed by atoms with Crippen LogP contribution in [0.5, 0.6) is 0 Å². The highest BCUT2D eigenvalue weighted by Gasteiger charge is 2.44. The van der Waals surface area contributed by atoms with Crippen LogP contribution in [0.4, 0.5) is 0 Å². The van der Waals surface area contributed by atoms with Gasteiger partial charge in [-0.2, -0.15) is 5.06 Å². The Morgan fingerprint density at radius 3 is 2.67 bits per heavy atom. The van der Waals surface area contributed by atoms with E-state index in [1.165, 1.54) is 5.06 Å². The van der Waals surface area contributed by atoms with Gasteiger partial charge in [0.1, 0.15) is 5.52 Å². The molecule has 2 aromatic rings. The van der Waals surface area contributed by atoms with Gasteiger partial charge in [0.25, 0.3) is 5.91 Å². The van der Waals surface area contributed by atoms with Crippen molar-refractivity contribution in [3.05, 3.63) is 35.4 Å². The van der Waals surface area contributed by atoms with E-state index >= 15 is 0 Å². The fourth-order valence-electron chi connectivity index (χ4n) is 3.16. The molecule has 0 atom stereocenters. The Morgan fingerprint density at radius 1 is 1.38 bits per heavy atom. The molecule has 1 amide bonds. The predicted octanol–water partition coefficient (Wildman–Crippen LogP) is 2.94. The largest absolute Gasteiger partial charge is 0.366 e. The summed E-state index contributed by atoms with van der Waals surface area (Å²) in [6.45, 7) is 7.95. The smallest absolute Gasteiger partial charge is 0.250 e. The van der Waals surface area contributed by atoms with Gasteiger partial charge in [-0.3, -0.25) is 4.79 Å². The lowest BCUT2D eigenvalue weighted by molar-refractivity contribution is -0.185. The minimum atomic E-state index is -0.485. The van der Waals surface area contributed by atoms with Crippen LogP contribution in [-0.4, -0.2) is 43.0 Å². The molecule has 0 saturated heterocycles. The molecule has 0 spiro atoms. The Hall–Kier alpha value is -1.83. The van der Waals surface area contributed by atoms with E-state index in [1.807, 2.05) is 33.8 Å². The lowest BCUT2D eigenvalue weighted by atomic mass is 9.98. The van der Waals surface area contributed by atoms with Gasteiger partial charge >= 0.3 is 0 Å². The van der Waals surface area contributed by atoms with E-state index in [-0.39, 0.29) is 0 Å². The number of hydrogen-bond acceptors (Lipinski definition) is 5. The maximum Gasteiger partial charge on any atom is 0.250 e. The van der Waals surface area contributed by atoms with Crippen LogP contribution >= 0.6 is 11.8 Å². The molecule has 1 aromatic carbocycles. The van der Waals surface area contributed by atoms with Crippen molar-refractivity contribution in [1.29, 1.82) is 0 Å². The molecule has 0 radical (unpaired) electrons. The van der Waals surface area contributed by atoms with Crippen molar-refractivity contribution < 1.29 is 10.0 Å². The highest BCUT2D eigenvalue weighted by Crippen LogP contribution is 2.40. The third-order valence-electron chi connectivity index (χ3n) is 4.51. The van der Waals surface area contributed by atoms with Crippen molar-refractivity contribution in [2.75, 3.05) is 5.75 Å². The molecule has 0 bridgehead atoms. The molecule has 0 saturated carbocycles.